The Labute approximate surface area is 105 Å². The first-order valence-corrected chi connectivity index (χ1v) is 6.58. The number of nitrogens with two attached hydrogens (primary N) is 1. The van der Waals surface area contributed by atoms with E-state index in [4.69, 9.17) is 5.73 Å². The molecule has 1 aromatic rings. The largest absolute Gasteiger partial charge is 0.324 e. The van der Waals surface area contributed by atoms with E-state index in [1.165, 1.54) is 40.7 Å². The van der Waals surface area contributed by atoms with Gasteiger partial charge < -0.3 is 5.73 Å². The highest BCUT2D eigenvalue weighted by atomic mass is 14.6. The summed E-state index contributed by atoms with van der Waals surface area (Å²) < 4.78 is 0. The van der Waals surface area contributed by atoms with Gasteiger partial charge in [0.05, 0.1) is 0 Å². The summed E-state index contributed by atoms with van der Waals surface area (Å²) in [7, 11) is 0. The molecule has 0 fully saturated rings. The van der Waals surface area contributed by atoms with E-state index in [0.29, 0.717) is 0 Å². The monoisotopic (exact) mass is 229 g/mol. The molecule has 17 heavy (non-hydrogen) atoms. The Balaban J connectivity index is 2.24. The molecule has 0 heterocycles. The molecule has 1 aliphatic rings. The second kappa shape index (κ2) is 5.05. The molecule has 1 aliphatic carbocycles. The molecule has 2 N–H and O–H groups in total. The lowest BCUT2D eigenvalue weighted by Crippen LogP contribution is -2.21. The van der Waals surface area contributed by atoms with Gasteiger partial charge in [-0.2, -0.15) is 0 Å². The number of aryl methyl sites for hydroxylation is 3. The van der Waals surface area contributed by atoms with Crippen LogP contribution in [-0.2, 0) is 6.42 Å². The van der Waals surface area contributed by atoms with Gasteiger partial charge in [0, 0.05) is 6.04 Å². The van der Waals surface area contributed by atoms with Crippen LogP contribution < -0.4 is 5.73 Å². The smallest absolute Gasteiger partial charge is 0.0226 e. The Hall–Kier alpha value is -1.08. The molecule has 0 saturated heterocycles. The number of hydrogen-bond acceptors (Lipinski definition) is 1. The van der Waals surface area contributed by atoms with Crippen molar-refractivity contribution < 1.29 is 0 Å². The van der Waals surface area contributed by atoms with Crippen LogP contribution in [0.2, 0.25) is 0 Å². The lowest BCUT2D eigenvalue weighted by molar-refractivity contribution is 0.617. The molecule has 1 unspecified atom stereocenters. The first-order chi connectivity index (χ1) is 8.06. The zero-order chi connectivity index (χ0) is 12.4. The zero-order valence-corrected chi connectivity index (χ0v) is 11.2. The van der Waals surface area contributed by atoms with Crippen LogP contribution in [0.3, 0.4) is 0 Å². The lowest BCUT2D eigenvalue weighted by Gasteiger charge is -2.20. The molecule has 0 radical (unpaired) electrons. The fourth-order valence-corrected chi connectivity index (χ4v) is 2.90. The fraction of sp³-hybridized carbons (Fsp3) is 0.500. The Morgan fingerprint density at radius 3 is 2.41 bits per heavy atom. The van der Waals surface area contributed by atoms with Crippen molar-refractivity contribution in [2.75, 3.05) is 0 Å². The highest BCUT2D eigenvalue weighted by molar-refractivity contribution is 5.40. The zero-order valence-electron chi connectivity index (χ0n) is 11.2. The Morgan fingerprint density at radius 2 is 1.82 bits per heavy atom. The molecule has 92 valence electrons. The van der Waals surface area contributed by atoms with Gasteiger partial charge in [0.25, 0.3) is 0 Å². The minimum atomic E-state index is 0.282. The fourth-order valence-electron chi connectivity index (χ4n) is 2.90. The predicted molar refractivity (Wildman–Crippen MR) is 74.3 cm³/mol. The van der Waals surface area contributed by atoms with Gasteiger partial charge in [-0.1, -0.05) is 29.3 Å². The number of benzene rings is 1. The second-order valence-electron chi connectivity index (χ2n) is 5.44. The van der Waals surface area contributed by atoms with Crippen LogP contribution in [0.1, 0.15) is 41.5 Å². The van der Waals surface area contributed by atoms with Crippen molar-refractivity contribution in [2.45, 2.75) is 52.5 Å². The van der Waals surface area contributed by atoms with Crippen molar-refractivity contribution in [3.63, 3.8) is 0 Å². The van der Waals surface area contributed by atoms with Gasteiger partial charge in [-0.25, -0.2) is 0 Å². The van der Waals surface area contributed by atoms with Crippen LogP contribution in [0, 0.1) is 20.8 Å². The number of rotatable bonds is 2. The Bertz CT molecular complexity index is 420. The van der Waals surface area contributed by atoms with E-state index in [0.717, 1.165) is 12.8 Å². The third-order valence-corrected chi connectivity index (χ3v) is 3.73. The Kier molecular flexibility index (Phi) is 3.68. The van der Waals surface area contributed by atoms with Crippen LogP contribution in [0.25, 0.3) is 0 Å². The summed E-state index contributed by atoms with van der Waals surface area (Å²) in [4.78, 5) is 0. The summed E-state index contributed by atoms with van der Waals surface area (Å²) in [6.07, 6.45) is 6.99. The average molecular weight is 229 g/mol. The lowest BCUT2D eigenvalue weighted by atomic mass is 9.88. The predicted octanol–water partition coefficient (Wildman–Crippen LogP) is 3.59. The topological polar surface area (TPSA) is 26.0 Å². The van der Waals surface area contributed by atoms with E-state index in [1.54, 1.807) is 0 Å². The quantitative estimate of drug-likeness (QED) is 0.771. The van der Waals surface area contributed by atoms with Gasteiger partial charge in [-0.05, 0) is 63.1 Å². The third-order valence-electron chi connectivity index (χ3n) is 3.73. The SMILES string of the molecule is Cc1cc(C)c(CC2=CC(N)CCC2)c(C)c1. The standard InChI is InChI=1S/C16H23N/c1-11-7-12(2)16(13(3)8-11)10-14-5-4-6-15(17)9-14/h7-9,15H,4-6,10,17H2,1-3H3. The molecule has 0 amide bonds. The van der Waals surface area contributed by atoms with Gasteiger partial charge >= 0.3 is 0 Å². The first-order valence-electron chi connectivity index (χ1n) is 6.58. The molecule has 1 nitrogen and oxygen atoms in total. The molecule has 0 bridgehead atoms. The van der Waals surface area contributed by atoms with Gasteiger partial charge in [0.15, 0.2) is 0 Å². The van der Waals surface area contributed by atoms with Crippen molar-refractivity contribution in [2.24, 2.45) is 5.73 Å². The molecule has 0 aliphatic heterocycles. The number of allylic oxidation sites excluding steroid dienone is 1. The maximum absolute atomic E-state index is 6.00. The minimum Gasteiger partial charge on any atom is -0.324 e. The summed E-state index contributed by atoms with van der Waals surface area (Å²) >= 11 is 0. The van der Waals surface area contributed by atoms with Gasteiger partial charge in [0.2, 0.25) is 0 Å². The minimum absolute atomic E-state index is 0.282. The van der Waals surface area contributed by atoms with E-state index in [1.807, 2.05) is 0 Å². The molecule has 1 atom stereocenters. The second-order valence-corrected chi connectivity index (χ2v) is 5.44. The summed E-state index contributed by atoms with van der Waals surface area (Å²) in [5.74, 6) is 0. The number of hydrogen-bond donors (Lipinski definition) is 1. The highest BCUT2D eigenvalue weighted by Gasteiger charge is 2.12. The summed E-state index contributed by atoms with van der Waals surface area (Å²) in [5, 5.41) is 0. The van der Waals surface area contributed by atoms with Crippen LogP contribution in [0.4, 0.5) is 0 Å². The van der Waals surface area contributed by atoms with Gasteiger partial charge in [-0.15, -0.1) is 0 Å². The molecule has 1 heteroatoms. The van der Waals surface area contributed by atoms with Gasteiger partial charge in [-0.3, -0.25) is 0 Å². The first kappa shape index (κ1) is 12.4. The maximum atomic E-state index is 6.00. The maximum Gasteiger partial charge on any atom is 0.0226 e. The Morgan fingerprint density at radius 1 is 1.18 bits per heavy atom. The summed E-state index contributed by atoms with van der Waals surface area (Å²) in [5.41, 5.74) is 13.2. The van der Waals surface area contributed by atoms with Crippen LogP contribution in [0.15, 0.2) is 23.8 Å². The van der Waals surface area contributed by atoms with Crippen LogP contribution in [-0.4, -0.2) is 6.04 Å². The molecule has 0 aromatic heterocycles. The van der Waals surface area contributed by atoms with Crippen LogP contribution in [0.5, 0.6) is 0 Å². The molecule has 0 spiro atoms. The van der Waals surface area contributed by atoms with E-state index >= 15 is 0 Å². The van der Waals surface area contributed by atoms with Crippen molar-refractivity contribution in [3.8, 4) is 0 Å². The van der Waals surface area contributed by atoms with Gasteiger partial charge in [0.1, 0.15) is 0 Å². The molecule has 1 aromatic carbocycles. The summed E-state index contributed by atoms with van der Waals surface area (Å²) in [6.45, 7) is 6.61. The average Bonchev–Trinajstić information content (AvgIpc) is 2.23. The van der Waals surface area contributed by atoms with E-state index in [-0.39, 0.29) is 6.04 Å². The normalized spacial score (nSPS) is 20.2. The van der Waals surface area contributed by atoms with E-state index < -0.39 is 0 Å². The molecular weight excluding hydrogens is 206 g/mol. The molecule has 2 rings (SSSR count). The van der Waals surface area contributed by atoms with Crippen molar-refractivity contribution in [3.05, 3.63) is 46.0 Å². The van der Waals surface area contributed by atoms with Crippen molar-refractivity contribution in [1.29, 1.82) is 0 Å². The van der Waals surface area contributed by atoms with Crippen LogP contribution >= 0.6 is 0 Å². The summed E-state index contributed by atoms with van der Waals surface area (Å²) in [6, 6.07) is 4.85. The molecule has 0 saturated carbocycles. The third kappa shape index (κ3) is 2.98. The highest BCUT2D eigenvalue weighted by Crippen LogP contribution is 2.25. The van der Waals surface area contributed by atoms with Crippen molar-refractivity contribution >= 4 is 0 Å². The molecular formula is C16H23N. The van der Waals surface area contributed by atoms with E-state index in [9.17, 15) is 0 Å². The van der Waals surface area contributed by atoms with E-state index in [2.05, 4.69) is 39.0 Å². The van der Waals surface area contributed by atoms with Crippen molar-refractivity contribution in [1.82, 2.24) is 0 Å².